The monoisotopic (exact) mass is 236 g/mol. The number of rotatable bonds is 3. The second-order valence-corrected chi connectivity index (χ2v) is 4.17. The maximum absolute atomic E-state index is 11.6. The number of aromatic nitrogens is 2. The Morgan fingerprint density at radius 3 is 3.06 bits per heavy atom. The SMILES string of the molecule is CCOC(=O)c1cn(-c2cccs2)nc1C. The van der Waals surface area contributed by atoms with Crippen molar-refractivity contribution in [3.8, 4) is 5.00 Å². The predicted molar refractivity (Wildman–Crippen MR) is 62.1 cm³/mol. The van der Waals surface area contributed by atoms with Gasteiger partial charge in [-0.2, -0.15) is 5.10 Å². The van der Waals surface area contributed by atoms with Gasteiger partial charge >= 0.3 is 5.97 Å². The minimum absolute atomic E-state index is 0.317. The molecule has 0 aliphatic heterocycles. The first-order valence-electron chi connectivity index (χ1n) is 4.99. The lowest BCUT2D eigenvalue weighted by atomic mass is 10.3. The largest absolute Gasteiger partial charge is 0.462 e. The molecule has 0 saturated carbocycles. The number of carbonyl (C=O) groups is 1. The summed E-state index contributed by atoms with van der Waals surface area (Å²) in [6, 6.07) is 3.90. The van der Waals surface area contributed by atoms with Gasteiger partial charge in [-0.05, 0) is 31.4 Å². The van der Waals surface area contributed by atoms with Crippen molar-refractivity contribution < 1.29 is 9.53 Å². The number of ether oxygens (including phenoxy) is 1. The molecule has 0 N–H and O–H groups in total. The van der Waals surface area contributed by atoms with Gasteiger partial charge in [0.05, 0.1) is 12.3 Å². The molecule has 0 atom stereocenters. The molecule has 0 spiro atoms. The van der Waals surface area contributed by atoms with Gasteiger partial charge in [0.25, 0.3) is 0 Å². The zero-order chi connectivity index (χ0) is 11.5. The van der Waals surface area contributed by atoms with Crippen LogP contribution >= 0.6 is 11.3 Å². The van der Waals surface area contributed by atoms with Crippen LogP contribution in [0.1, 0.15) is 23.0 Å². The second kappa shape index (κ2) is 4.49. The van der Waals surface area contributed by atoms with E-state index in [1.54, 1.807) is 36.1 Å². The fourth-order valence-electron chi connectivity index (χ4n) is 1.38. The Morgan fingerprint density at radius 2 is 2.44 bits per heavy atom. The molecule has 0 unspecified atom stereocenters. The van der Waals surface area contributed by atoms with Gasteiger partial charge in [0, 0.05) is 6.20 Å². The van der Waals surface area contributed by atoms with Crippen LogP contribution in [0, 0.1) is 6.92 Å². The van der Waals surface area contributed by atoms with E-state index in [-0.39, 0.29) is 5.97 Å². The third kappa shape index (κ3) is 1.99. The van der Waals surface area contributed by atoms with E-state index in [2.05, 4.69) is 5.10 Å². The zero-order valence-electron chi connectivity index (χ0n) is 9.14. The van der Waals surface area contributed by atoms with Crippen LogP contribution < -0.4 is 0 Å². The summed E-state index contributed by atoms with van der Waals surface area (Å²) in [4.78, 5) is 11.6. The summed E-state index contributed by atoms with van der Waals surface area (Å²) in [7, 11) is 0. The summed E-state index contributed by atoms with van der Waals surface area (Å²) < 4.78 is 6.65. The lowest BCUT2D eigenvalue weighted by Gasteiger charge is -1.97. The zero-order valence-corrected chi connectivity index (χ0v) is 9.95. The normalized spacial score (nSPS) is 10.4. The molecule has 0 aromatic carbocycles. The van der Waals surface area contributed by atoms with Gasteiger partial charge in [0.15, 0.2) is 0 Å². The molecule has 5 heteroatoms. The van der Waals surface area contributed by atoms with Gasteiger partial charge in [-0.3, -0.25) is 0 Å². The minimum atomic E-state index is -0.317. The molecular formula is C11H12N2O2S. The van der Waals surface area contributed by atoms with Gasteiger partial charge in [0.1, 0.15) is 10.6 Å². The van der Waals surface area contributed by atoms with E-state index in [9.17, 15) is 4.79 Å². The highest BCUT2D eigenvalue weighted by atomic mass is 32.1. The average molecular weight is 236 g/mol. The Hall–Kier alpha value is -1.62. The highest BCUT2D eigenvalue weighted by molar-refractivity contribution is 7.12. The molecule has 16 heavy (non-hydrogen) atoms. The highest BCUT2D eigenvalue weighted by Crippen LogP contribution is 2.17. The second-order valence-electron chi connectivity index (χ2n) is 3.24. The van der Waals surface area contributed by atoms with Crippen LogP contribution in [0.15, 0.2) is 23.7 Å². The summed E-state index contributed by atoms with van der Waals surface area (Å²) in [5, 5.41) is 7.24. The van der Waals surface area contributed by atoms with E-state index in [0.29, 0.717) is 17.9 Å². The molecule has 2 rings (SSSR count). The fraction of sp³-hybridized carbons (Fsp3) is 0.273. The van der Waals surface area contributed by atoms with Crippen molar-refractivity contribution in [2.75, 3.05) is 6.61 Å². The van der Waals surface area contributed by atoms with E-state index >= 15 is 0 Å². The fourth-order valence-corrected chi connectivity index (χ4v) is 2.04. The van der Waals surface area contributed by atoms with Crippen LogP contribution in [0.5, 0.6) is 0 Å². The van der Waals surface area contributed by atoms with Crippen molar-refractivity contribution in [1.82, 2.24) is 9.78 Å². The van der Waals surface area contributed by atoms with E-state index in [1.807, 2.05) is 17.5 Å². The quantitative estimate of drug-likeness (QED) is 0.769. The van der Waals surface area contributed by atoms with Crippen LogP contribution in [0.25, 0.3) is 5.00 Å². The van der Waals surface area contributed by atoms with Crippen molar-refractivity contribution >= 4 is 17.3 Å². The third-order valence-electron chi connectivity index (χ3n) is 2.13. The molecular weight excluding hydrogens is 224 g/mol. The van der Waals surface area contributed by atoms with Crippen LogP contribution in [0.4, 0.5) is 0 Å². The molecule has 0 radical (unpaired) electrons. The predicted octanol–water partition coefficient (Wildman–Crippen LogP) is 2.42. The molecule has 2 aromatic rings. The molecule has 2 heterocycles. The lowest BCUT2D eigenvalue weighted by Crippen LogP contribution is -2.04. The number of esters is 1. The molecule has 0 fully saturated rings. The van der Waals surface area contributed by atoms with E-state index in [4.69, 9.17) is 4.74 Å². The Morgan fingerprint density at radius 1 is 1.62 bits per heavy atom. The van der Waals surface area contributed by atoms with Gasteiger partial charge < -0.3 is 4.74 Å². The number of thiophene rings is 1. The Labute approximate surface area is 97.5 Å². The maximum Gasteiger partial charge on any atom is 0.341 e. The number of nitrogens with zero attached hydrogens (tertiary/aromatic N) is 2. The van der Waals surface area contributed by atoms with Crippen molar-refractivity contribution in [2.24, 2.45) is 0 Å². The molecule has 0 aliphatic carbocycles. The smallest absolute Gasteiger partial charge is 0.341 e. The van der Waals surface area contributed by atoms with Crippen LogP contribution in [-0.4, -0.2) is 22.4 Å². The van der Waals surface area contributed by atoms with Gasteiger partial charge in [-0.1, -0.05) is 0 Å². The molecule has 0 aliphatic rings. The van der Waals surface area contributed by atoms with E-state index < -0.39 is 0 Å². The molecule has 2 aromatic heterocycles. The Bertz CT molecular complexity index is 488. The van der Waals surface area contributed by atoms with E-state index in [0.717, 1.165) is 5.00 Å². The van der Waals surface area contributed by atoms with E-state index in [1.165, 1.54) is 0 Å². The standard InChI is InChI=1S/C11H12N2O2S/c1-3-15-11(14)9-7-13(12-8(9)2)10-5-4-6-16-10/h4-7H,3H2,1-2H3. The number of aryl methyl sites for hydroxylation is 1. The first-order valence-corrected chi connectivity index (χ1v) is 5.87. The van der Waals surface area contributed by atoms with Crippen molar-refractivity contribution in [3.63, 3.8) is 0 Å². The summed E-state index contributed by atoms with van der Waals surface area (Å²) in [6.07, 6.45) is 1.71. The van der Waals surface area contributed by atoms with Crippen LogP contribution in [0.2, 0.25) is 0 Å². The molecule has 4 nitrogen and oxygen atoms in total. The van der Waals surface area contributed by atoms with Crippen molar-refractivity contribution in [2.45, 2.75) is 13.8 Å². The molecule has 0 bridgehead atoms. The van der Waals surface area contributed by atoms with Crippen LogP contribution in [-0.2, 0) is 4.74 Å². The topological polar surface area (TPSA) is 44.1 Å². The lowest BCUT2D eigenvalue weighted by molar-refractivity contribution is 0.0525. The van der Waals surface area contributed by atoms with Gasteiger partial charge in [0.2, 0.25) is 0 Å². The Kier molecular flexibility index (Phi) is 3.05. The maximum atomic E-state index is 11.6. The number of hydrogen-bond acceptors (Lipinski definition) is 4. The van der Waals surface area contributed by atoms with Gasteiger partial charge in [-0.25, -0.2) is 9.48 Å². The third-order valence-corrected chi connectivity index (χ3v) is 2.98. The van der Waals surface area contributed by atoms with Crippen molar-refractivity contribution in [1.29, 1.82) is 0 Å². The van der Waals surface area contributed by atoms with Crippen LogP contribution in [0.3, 0.4) is 0 Å². The average Bonchev–Trinajstić information content (AvgIpc) is 2.86. The minimum Gasteiger partial charge on any atom is -0.462 e. The summed E-state index contributed by atoms with van der Waals surface area (Å²) in [5.41, 5.74) is 1.21. The molecule has 0 saturated heterocycles. The van der Waals surface area contributed by atoms with Gasteiger partial charge in [-0.15, -0.1) is 11.3 Å². The number of carbonyl (C=O) groups excluding carboxylic acids is 1. The number of hydrogen-bond donors (Lipinski definition) is 0. The molecule has 0 amide bonds. The first-order chi connectivity index (χ1) is 7.72. The highest BCUT2D eigenvalue weighted by Gasteiger charge is 2.15. The molecule has 84 valence electrons. The Balaban J connectivity index is 2.32. The summed E-state index contributed by atoms with van der Waals surface area (Å²) in [6.45, 7) is 3.97. The van der Waals surface area contributed by atoms with Crippen molar-refractivity contribution in [3.05, 3.63) is 35.0 Å². The summed E-state index contributed by atoms with van der Waals surface area (Å²) >= 11 is 1.57. The first kappa shape index (κ1) is 10.9. The summed E-state index contributed by atoms with van der Waals surface area (Å²) in [5.74, 6) is -0.317.